The second kappa shape index (κ2) is 10.4. The van der Waals surface area contributed by atoms with E-state index in [1.165, 1.54) is 0 Å². The van der Waals surface area contributed by atoms with Gasteiger partial charge in [-0.2, -0.15) is 0 Å². The van der Waals surface area contributed by atoms with Crippen LogP contribution in [-0.4, -0.2) is 35.7 Å². The molecule has 0 saturated carbocycles. The van der Waals surface area contributed by atoms with Gasteiger partial charge in [0.25, 0.3) is 0 Å². The van der Waals surface area contributed by atoms with Crippen LogP contribution in [0.1, 0.15) is 77.5 Å². The molecule has 2 amide bonds. The predicted molar refractivity (Wildman–Crippen MR) is 112 cm³/mol. The number of unbranched alkanes of at least 4 members (excludes halogenated alkanes) is 4. The molecule has 0 fully saturated rings. The summed E-state index contributed by atoms with van der Waals surface area (Å²) in [5.74, 6) is 0.812. The lowest BCUT2D eigenvalue weighted by molar-refractivity contribution is -0.118. The van der Waals surface area contributed by atoms with Gasteiger partial charge in [-0.1, -0.05) is 25.3 Å². The molecule has 28 heavy (non-hydrogen) atoms. The first-order chi connectivity index (χ1) is 13.3. The standard InChI is InChI=1S/C22H35N3O3/c1-17(26)23-15-9-7-5-6-8-12-19-14-13-18-11-10-16-25(20(18)24-19)21(27)28-22(2,3)4/h13-14H,5-12,15-16H2,1-4H3,(H,23,26). The summed E-state index contributed by atoms with van der Waals surface area (Å²) in [5, 5.41) is 2.83. The molecule has 6 heteroatoms. The second-order valence-electron chi connectivity index (χ2n) is 8.52. The third-order valence-electron chi connectivity index (χ3n) is 4.69. The van der Waals surface area contributed by atoms with Crippen LogP contribution in [0.5, 0.6) is 0 Å². The minimum absolute atomic E-state index is 0.0407. The van der Waals surface area contributed by atoms with Gasteiger partial charge in [-0.3, -0.25) is 9.69 Å². The Labute approximate surface area is 169 Å². The number of anilines is 1. The van der Waals surface area contributed by atoms with Gasteiger partial charge in [0.2, 0.25) is 5.91 Å². The SMILES string of the molecule is CC(=O)NCCCCCCCc1ccc2c(n1)N(C(=O)OC(C)(C)C)CCC2. The number of hydrogen-bond donors (Lipinski definition) is 1. The Morgan fingerprint density at radius 3 is 2.57 bits per heavy atom. The third-order valence-corrected chi connectivity index (χ3v) is 4.69. The molecule has 1 N–H and O–H groups in total. The molecule has 6 nitrogen and oxygen atoms in total. The van der Waals surface area contributed by atoms with Crippen molar-refractivity contribution in [1.29, 1.82) is 0 Å². The Kier molecular flexibility index (Phi) is 8.27. The van der Waals surface area contributed by atoms with E-state index < -0.39 is 5.60 Å². The lowest BCUT2D eigenvalue weighted by atomic mass is 10.0. The van der Waals surface area contributed by atoms with E-state index in [-0.39, 0.29) is 12.0 Å². The first kappa shape index (κ1) is 22.2. The van der Waals surface area contributed by atoms with Crippen molar-refractivity contribution in [3.05, 3.63) is 23.4 Å². The van der Waals surface area contributed by atoms with E-state index in [9.17, 15) is 9.59 Å². The number of aromatic nitrogens is 1. The third kappa shape index (κ3) is 7.49. The fourth-order valence-corrected chi connectivity index (χ4v) is 3.34. The molecule has 0 atom stereocenters. The van der Waals surface area contributed by atoms with Crippen molar-refractivity contribution in [3.63, 3.8) is 0 Å². The number of pyridine rings is 1. The van der Waals surface area contributed by atoms with E-state index in [4.69, 9.17) is 9.72 Å². The minimum atomic E-state index is -0.508. The topological polar surface area (TPSA) is 71.5 Å². The highest BCUT2D eigenvalue weighted by Crippen LogP contribution is 2.27. The van der Waals surface area contributed by atoms with Crippen molar-refractivity contribution < 1.29 is 14.3 Å². The molecule has 0 spiro atoms. The summed E-state index contributed by atoms with van der Waals surface area (Å²) in [6, 6.07) is 4.20. The normalized spacial score (nSPS) is 13.8. The number of carbonyl (C=O) groups excluding carboxylic acids is 2. The minimum Gasteiger partial charge on any atom is -0.443 e. The van der Waals surface area contributed by atoms with Gasteiger partial charge in [0, 0.05) is 25.7 Å². The van der Waals surface area contributed by atoms with E-state index in [1.54, 1.807) is 11.8 Å². The summed E-state index contributed by atoms with van der Waals surface area (Å²) >= 11 is 0. The molecule has 156 valence electrons. The van der Waals surface area contributed by atoms with Crippen LogP contribution >= 0.6 is 0 Å². The average molecular weight is 390 g/mol. The van der Waals surface area contributed by atoms with Crippen molar-refractivity contribution in [2.45, 2.75) is 84.7 Å². The largest absolute Gasteiger partial charge is 0.443 e. The van der Waals surface area contributed by atoms with Gasteiger partial charge in [-0.25, -0.2) is 9.78 Å². The number of fused-ring (bicyclic) bond motifs is 1. The van der Waals surface area contributed by atoms with Crippen molar-refractivity contribution in [2.24, 2.45) is 0 Å². The van der Waals surface area contributed by atoms with E-state index >= 15 is 0 Å². The summed E-state index contributed by atoms with van der Waals surface area (Å²) < 4.78 is 5.55. The Morgan fingerprint density at radius 2 is 1.86 bits per heavy atom. The molecule has 1 aliphatic heterocycles. The zero-order valence-corrected chi connectivity index (χ0v) is 17.8. The molecule has 0 radical (unpaired) electrons. The lowest BCUT2D eigenvalue weighted by Gasteiger charge is -2.31. The Hall–Kier alpha value is -2.11. The maximum absolute atomic E-state index is 12.6. The van der Waals surface area contributed by atoms with Gasteiger partial charge in [0.05, 0.1) is 0 Å². The van der Waals surface area contributed by atoms with E-state index in [1.807, 2.05) is 20.8 Å². The first-order valence-corrected chi connectivity index (χ1v) is 10.5. The summed E-state index contributed by atoms with van der Waals surface area (Å²) in [4.78, 5) is 29.9. The monoisotopic (exact) mass is 389 g/mol. The molecule has 0 saturated heterocycles. The molecule has 2 heterocycles. The molecule has 0 aromatic carbocycles. The molecule has 0 bridgehead atoms. The summed E-state index contributed by atoms with van der Waals surface area (Å²) in [5.41, 5.74) is 1.65. The molecule has 1 aromatic heterocycles. The van der Waals surface area contributed by atoms with Crippen LogP contribution in [0, 0.1) is 0 Å². The van der Waals surface area contributed by atoms with Crippen LogP contribution < -0.4 is 10.2 Å². The van der Waals surface area contributed by atoms with Crippen LogP contribution in [0.25, 0.3) is 0 Å². The average Bonchev–Trinajstić information content (AvgIpc) is 2.61. The van der Waals surface area contributed by atoms with E-state index in [0.717, 1.165) is 75.0 Å². The number of nitrogens with one attached hydrogen (secondary N) is 1. The van der Waals surface area contributed by atoms with Gasteiger partial charge in [-0.05, 0) is 64.5 Å². The fourth-order valence-electron chi connectivity index (χ4n) is 3.34. The van der Waals surface area contributed by atoms with Gasteiger partial charge in [0.15, 0.2) is 0 Å². The summed E-state index contributed by atoms with van der Waals surface area (Å²) in [6.07, 6.45) is 8.05. The number of ether oxygens (including phenoxy) is 1. The molecular weight excluding hydrogens is 354 g/mol. The van der Waals surface area contributed by atoms with Crippen molar-refractivity contribution in [1.82, 2.24) is 10.3 Å². The quantitative estimate of drug-likeness (QED) is 0.669. The highest BCUT2D eigenvalue weighted by molar-refractivity contribution is 5.88. The van der Waals surface area contributed by atoms with Crippen LogP contribution in [0.15, 0.2) is 12.1 Å². The first-order valence-electron chi connectivity index (χ1n) is 10.5. The van der Waals surface area contributed by atoms with Gasteiger partial charge in [-0.15, -0.1) is 0 Å². The number of amides is 2. The Balaban J connectivity index is 1.83. The van der Waals surface area contributed by atoms with Gasteiger partial charge < -0.3 is 10.1 Å². The van der Waals surface area contributed by atoms with Crippen LogP contribution in [0.4, 0.5) is 10.6 Å². The smallest absolute Gasteiger partial charge is 0.416 e. The number of aryl methyl sites for hydroxylation is 2. The molecule has 1 aromatic rings. The number of rotatable bonds is 8. The van der Waals surface area contributed by atoms with Crippen molar-refractivity contribution in [3.8, 4) is 0 Å². The zero-order chi connectivity index (χ0) is 20.6. The number of carbonyl (C=O) groups is 2. The molecule has 0 aliphatic carbocycles. The molecule has 0 unspecified atom stereocenters. The number of hydrogen-bond acceptors (Lipinski definition) is 4. The van der Waals surface area contributed by atoms with Crippen molar-refractivity contribution in [2.75, 3.05) is 18.0 Å². The van der Waals surface area contributed by atoms with Crippen LogP contribution in [0.3, 0.4) is 0 Å². The predicted octanol–water partition coefficient (Wildman–Crippen LogP) is 4.40. The van der Waals surface area contributed by atoms with Crippen LogP contribution in [-0.2, 0) is 22.4 Å². The fraction of sp³-hybridized carbons (Fsp3) is 0.682. The summed E-state index contributed by atoms with van der Waals surface area (Å²) in [6.45, 7) is 8.63. The second-order valence-corrected chi connectivity index (χ2v) is 8.52. The number of nitrogens with zero attached hydrogens (tertiary/aromatic N) is 2. The lowest BCUT2D eigenvalue weighted by Crippen LogP contribution is -2.40. The summed E-state index contributed by atoms with van der Waals surface area (Å²) in [7, 11) is 0. The van der Waals surface area contributed by atoms with Crippen LogP contribution in [0.2, 0.25) is 0 Å². The maximum Gasteiger partial charge on any atom is 0.416 e. The molecule has 2 rings (SSSR count). The van der Waals surface area contributed by atoms with Gasteiger partial charge in [0.1, 0.15) is 11.4 Å². The van der Waals surface area contributed by atoms with Crippen molar-refractivity contribution >= 4 is 17.8 Å². The highest BCUT2D eigenvalue weighted by Gasteiger charge is 2.28. The zero-order valence-electron chi connectivity index (χ0n) is 17.8. The molecular formula is C22H35N3O3. The van der Waals surface area contributed by atoms with Gasteiger partial charge >= 0.3 is 6.09 Å². The maximum atomic E-state index is 12.6. The highest BCUT2D eigenvalue weighted by atomic mass is 16.6. The van der Waals surface area contributed by atoms with E-state index in [0.29, 0.717) is 6.54 Å². The molecule has 1 aliphatic rings. The Bertz CT molecular complexity index is 667. The Morgan fingerprint density at radius 1 is 1.14 bits per heavy atom. The van der Waals surface area contributed by atoms with E-state index in [2.05, 4.69) is 17.4 Å².